The van der Waals surface area contributed by atoms with Gasteiger partial charge in [-0.1, -0.05) is 163 Å². The first-order valence-corrected chi connectivity index (χ1v) is 20.0. The van der Waals surface area contributed by atoms with Gasteiger partial charge in [0.25, 0.3) is 0 Å². The smallest absolute Gasteiger partial charge is 0.0543 e. The number of allylic oxidation sites excluding steroid dienone is 1. The van der Waals surface area contributed by atoms with Crippen molar-refractivity contribution in [1.29, 1.82) is 0 Å². The summed E-state index contributed by atoms with van der Waals surface area (Å²) in [5.74, 6) is 0. The molecule has 6 aromatic rings. The summed E-state index contributed by atoms with van der Waals surface area (Å²) in [6, 6.07) is 43.5. The Hall–Kier alpha value is -6.38. The molecule has 0 saturated carbocycles. The van der Waals surface area contributed by atoms with Crippen LogP contribution >= 0.6 is 0 Å². The van der Waals surface area contributed by atoms with Crippen LogP contribution in [-0.4, -0.2) is 0 Å². The maximum atomic E-state index is 4.42. The minimum atomic E-state index is -0.348. The number of hydrogen-bond acceptors (Lipinski definition) is 2. The van der Waals surface area contributed by atoms with Crippen molar-refractivity contribution in [1.82, 2.24) is 0 Å². The quantitative estimate of drug-likeness (QED) is 0.138. The SMILES string of the molecule is C=C/C(=c1/ccccc1=C)N(c1ccccc1C)c1cc2c(c(C=C)c1C=C)-c1ccc(N(/C(=C/C)c3ccccc3C)c3ccccc3C)cc1C2(C)C.CC. The van der Waals surface area contributed by atoms with Crippen LogP contribution in [0.2, 0.25) is 0 Å². The molecule has 0 spiro atoms. The van der Waals surface area contributed by atoms with Gasteiger partial charge in [0.15, 0.2) is 0 Å². The van der Waals surface area contributed by atoms with Crippen molar-refractivity contribution in [3.63, 3.8) is 0 Å². The Morgan fingerprint density at radius 1 is 0.596 bits per heavy atom. The molecule has 0 bridgehead atoms. The number of benzene rings is 6. The lowest BCUT2D eigenvalue weighted by Gasteiger charge is -2.33. The Morgan fingerprint density at radius 3 is 1.72 bits per heavy atom. The van der Waals surface area contributed by atoms with Gasteiger partial charge in [-0.15, -0.1) is 0 Å². The third-order valence-corrected chi connectivity index (χ3v) is 11.3. The summed E-state index contributed by atoms with van der Waals surface area (Å²) >= 11 is 0. The molecule has 0 fully saturated rings. The van der Waals surface area contributed by atoms with Crippen molar-refractivity contribution in [3.05, 3.63) is 208 Å². The predicted molar refractivity (Wildman–Crippen MR) is 252 cm³/mol. The van der Waals surface area contributed by atoms with E-state index >= 15 is 0 Å². The van der Waals surface area contributed by atoms with Gasteiger partial charge in [-0.2, -0.15) is 0 Å². The van der Waals surface area contributed by atoms with Crippen molar-refractivity contribution in [2.45, 2.75) is 60.8 Å². The van der Waals surface area contributed by atoms with Crippen LogP contribution in [0, 0.1) is 20.8 Å². The Balaban J connectivity index is 0.00000270. The van der Waals surface area contributed by atoms with E-state index < -0.39 is 0 Å². The molecule has 1 aliphatic rings. The van der Waals surface area contributed by atoms with Crippen LogP contribution in [-0.2, 0) is 5.41 Å². The lowest BCUT2D eigenvalue weighted by molar-refractivity contribution is 0.660. The van der Waals surface area contributed by atoms with Gasteiger partial charge in [0.1, 0.15) is 0 Å². The normalized spacial score (nSPS) is 13.0. The molecular formula is C55H56N2. The van der Waals surface area contributed by atoms with E-state index in [1.807, 2.05) is 38.1 Å². The number of fused-ring (bicyclic) bond motifs is 3. The van der Waals surface area contributed by atoms with Crippen molar-refractivity contribution in [3.8, 4) is 11.1 Å². The van der Waals surface area contributed by atoms with Crippen LogP contribution in [0.4, 0.5) is 22.7 Å². The minimum Gasteiger partial charge on any atom is -0.310 e. The predicted octanol–water partition coefficient (Wildman–Crippen LogP) is 14.0. The molecule has 0 aliphatic heterocycles. The first kappa shape index (κ1) is 40.3. The molecule has 0 aromatic heterocycles. The van der Waals surface area contributed by atoms with E-state index in [4.69, 9.17) is 0 Å². The van der Waals surface area contributed by atoms with Gasteiger partial charge in [-0.25, -0.2) is 0 Å². The summed E-state index contributed by atoms with van der Waals surface area (Å²) in [5, 5.41) is 1.96. The number of anilines is 4. The van der Waals surface area contributed by atoms with Gasteiger partial charge in [0, 0.05) is 44.5 Å². The molecule has 0 heterocycles. The number of para-hydroxylation sites is 2. The first-order chi connectivity index (χ1) is 27.6. The second kappa shape index (κ2) is 16.8. The van der Waals surface area contributed by atoms with Crippen LogP contribution in [0.1, 0.15) is 79.1 Å². The molecule has 0 amide bonds. The fourth-order valence-electron chi connectivity index (χ4n) is 8.43. The molecular weight excluding hydrogens is 689 g/mol. The second-order valence-electron chi connectivity index (χ2n) is 14.9. The fraction of sp³-hybridized carbons (Fsp3) is 0.164. The maximum absolute atomic E-state index is 4.42. The van der Waals surface area contributed by atoms with E-state index in [0.29, 0.717) is 0 Å². The zero-order chi connectivity index (χ0) is 41.0. The highest BCUT2D eigenvalue weighted by Gasteiger charge is 2.39. The van der Waals surface area contributed by atoms with E-state index in [0.717, 1.165) is 61.3 Å². The van der Waals surface area contributed by atoms with E-state index in [1.54, 1.807) is 0 Å². The topological polar surface area (TPSA) is 6.48 Å². The third-order valence-electron chi connectivity index (χ3n) is 11.3. The summed E-state index contributed by atoms with van der Waals surface area (Å²) in [4.78, 5) is 4.76. The highest BCUT2D eigenvalue weighted by molar-refractivity contribution is 5.99. The molecule has 7 rings (SSSR count). The highest BCUT2D eigenvalue weighted by atomic mass is 15.2. The van der Waals surface area contributed by atoms with Crippen LogP contribution in [0.15, 0.2) is 153 Å². The summed E-state index contributed by atoms with van der Waals surface area (Å²) in [7, 11) is 0. The van der Waals surface area contributed by atoms with E-state index in [1.165, 1.54) is 38.9 Å². The van der Waals surface area contributed by atoms with Crippen molar-refractivity contribution < 1.29 is 0 Å². The molecule has 1 aliphatic carbocycles. The fourth-order valence-corrected chi connectivity index (χ4v) is 8.43. The van der Waals surface area contributed by atoms with Crippen molar-refractivity contribution >= 4 is 52.9 Å². The summed E-state index contributed by atoms with van der Waals surface area (Å²) in [6.45, 7) is 35.0. The van der Waals surface area contributed by atoms with E-state index in [-0.39, 0.29) is 5.41 Å². The van der Waals surface area contributed by atoms with Gasteiger partial charge in [0.2, 0.25) is 0 Å². The minimum absolute atomic E-state index is 0.348. The van der Waals surface area contributed by atoms with Gasteiger partial charge in [-0.3, -0.25) is 0 Å². The lowest BCUT2D eigenvalue weighted by atomic mass is 9.81. The van der Waals surface area contributed by atoms with Gasteiger partial charge >= 0.3 is 0 Å². The van der Waals surface area contributed by atoms with E-state index in [9.17, 15) is 0 Å². The molecule has 0 N–H and O–H groups in total. The number of rotatable bonds is 10. The zero-order valence-electron chi connectivity index (χ0n) is 35.1. The van der Waals surface area contributed by atoms with Crippen LogP contribution in [0.3, 0.4) is 0 Å². The molecule has 0 atom stereocenters. The molecule has 2 nitrogen and oxygen atoms in total. The standard InChI is InChI=1S/C53H50N2.C2H6/c1-11-40-41(12-2)52-44-32-31-39(54(49-29-21-17-25-37(49)7)47(13-3)42-27-19-15-23-35(42)5)33-45(44)53(9,10)46(52)34-51(40)55(50-30-22-18-26-38(50)8)48(14-4)43-28-20-16-24-36(43)6;1-2/h11-34H,1-2,4,6H2,3,5,7-10H3;1-2H3/b47-13+,48-43+;. The summed E-state index contributed by atoms with van der Waals surface area (Å²) < 4.78 is 0. The Labute approximate surface area is 341 Å². The Kier molecular flexibility index (Phi) is 11.9. The van der Waals surface area contributed by atoms with Crippen LogP contribution in [0.25, 0.3) is 41.3 Å². The van der Waals surface area contributed by atoms with Gasteiger partial charge in [0.05, 0.1) is 11.4 Å². The van der Waals surface area contributed by atoms with Crippen LogP contribution < -0.4 is 20.2 Å². The molecule has 0 saturated heterocycles. The third kappa shape index (κ3) is 7.02. The van der Waals surface area contributed by atoms with Gasteiger partial charge in [-0.05, 0) is 114 Å². The molecule has 0 radical (unpaired) electrons. The summed E-state index contributed by atoms with van der Waals surface area (Å²) in [5.41, 5.74) is 17.9. The second-order valence-corrected chi connectivity index (χ2v) is 14.9. The summed E-state index contributed by atoms with van der Waals surface area (Å²) in [6.07, 6.45) is 8.17. The van der Waals surface area contributed by atoms with Gasteiger partial charge < -0.3 is 9.80 Å². The zero-order valence-corrected chi connectivity index (χ0v) is 35.1. The average molecular weight is 745 g/mol. The maximum Gasteiger partial charge on any atom is 0.0543 e. The van der Waals surface area contributed by atoms with Crippen molar-refractivity contribution in [2.24, 2.45) is 0 Å². The first-order valence-electron chi connectivity index (χ1n) is 20.0. The molecule has 57 heavy (non-hydrogen) atoms. The van der Waals surface area contributed by atoms with Crippen molar-refractivity contribution in [2.75, 3.05) is 9.80 Å². The number of hydrogen-bond donors (Lipinski definition) is 0. The van der Waals surface area contributed by atoms with E-state index in [2.05, 4.69) is 199 Å². The van der Waals surface area contributed by atoms with Crippen LogP contribution in [0.5, 0.6) is 0 Å². The number of aryl methyl sites for hydroxylation is 3. The lowest BCUT2D eigenvalue weighted by Crippen LogP contribution is -2.32. The molecule has 0 unspecified atom stereocenters. The Bertz CT molecular complexity index is 2650. The highest BCUT2D eigenvalue weighted by Crippen LogP contribution is 2.55. The Morgan fingerprint density at radius 2 is 1.16 bits per heavy atom. The molecule has 2 heteroatoms. The number of nitrogens with zero attached hydrogens (tertiary/aromatic N) is 2. The molecule has 6 aromatic carbocycles. The average Bonchev–Trinajstić information content (AvgIpc) is 3.45. The monoisotopic (exact) mass is 744 g/mol. The largest absolute Gasteiger partial charge is 0.310 e. The molecule has 286 valence electrons.